The van der Waals surface area contributed by atoms with Gasteiger partial charge in [0.25, 0.3) is 0 Å². The maximum atomic E-state index is 12.5. The fraction of sp³-hybridized carbons (Fsp3) is 0.538. The largest absolute Gasteiger partial charge is 0.392 e. The fourth-order valence-corrected chi connectivity index (χ4v) is 4.17. The maximum absolute atomic E-state index is 12.5. The zero-order chi connectivity index (χ0) is 14.8. The molecule has 1 aliphatic rings. The lowest BCUT2D eigenvalue weighted by Crippen LogP contribution is -2.49. The van der Waals surface area contributed by atoms with Crippen molar-refractivity contribution < 1.29 is 18.3 Å². The molecule has 1 fully saturated rings. The summed E-state index contributed by atoms with van der Waals surface area (Å²) in [5, 5.41) is 9.26. The molecular weight excluding hydrogens is 302 g/mol. The number of benzene rings is 1. The molecule has 0 aromatic heterocycles. The smallest absolute Gasteiger partial charge is 0.242 e. The number of aliphatic hydroxyl groups excluding tert-OH is 1. The first-order valence-corrected chi connectivity index (χ1v) is 8.23. The molecule has 5 nitrogen and oxygen atoms in total. The third kappa shape index (κ3) is 3.51. The molecule has 0 radical (unpaired) electrons. The predicted molar refractivity (Wildman–Crippen MR) is 76.2 cm³/mol. The minimum Gasteiger partial charge on any atom is -0.392 e. The van der Waals surface area contributed by atoms with Crippen LogP contribution in [0.2, 0.25) is 5.02 Å². The van der Waals surface area contributed by atoms with Gasteiger partial charge in [-0.15, -0.1) is 0 Å². The number of hydrogen-bond donors (Lipinski definition) is 2. The third-order valence-electron chi connectivity index (χ3n) is 3.44. The molecule has 112 valence electrons. The number of rotatable bonds is 4. The standard InChI is InChI=1S/C13H18ClNO4S/c1-13(4-6-19-7-5-13)15-20(17,18)12-8-10(9-16)2-3-11(12)14/h2-3,8,15-16H,4-7,9H2,1H3. The van der Waals surface area contributed by atoms with E-state index in [-0.39, 0.29) is 16.5 Å². The van der Waals surface area contributed by atoms with Crippen LogP contribution in [0.3, 0.4) is 0 Å². The van der Waals surface area contributed by atoms with Gasteiger partial charge >= 0.3 is 0 Å². The van der Waals surface area contributed by atoms with Crippen LogP contribution < -0.4 is 4.72 Å². The van der Waals surface area contributed by atoms with E-state index < -0.39 is 15.6 Å². The second kappa shape index (κ2) is 5.99. The van der Waals surface area contributed by atoms with Crippen molar-refractivity contribution in [3.8, 4) is 0 Å². The molecule has 0 amide bonds. The van der Waals surface area contributed by atoms with Crippen LogP contribution in [0.1, 0.15) is 25.3 Å². The van der Waals surface area contributed by atoms with Gasteiger partial charge in [0.15, 0.2) is 0 Å². The van der Waals surface area contributed by atoms with Crippen molar-refractivity contribution in [2.45, 2.75) is 36.8 Å². The van der Waals surface area contributed by atoms with Gasteiger partial charge in [0, 0.05) is 18.8 Å². The zero-order valence-electron chi connectivity index (χ0n) is 11.2. The molecule has 0 unspecified atom stereocenters. The minimum absolute atomic E-state index is 0.00145. The Morgan fingerprint density at radius 1 is 1.40 bits per heavy atom. The SMILES string of the molecule is CC1(NS(=O)(=O)c2cc(CO)ccc2Cl)CCOCC1. The van der Waals surface area contributed by atoms with E-state index in [1.54, 1.807) is 6.07 Å². The first-order valence-electron chi connectivity index (χ1n) is 6.37. The van der Waals surface area contributed by atoms with Crippen LogP contribution >= 0.6 is 11.6 Å². The number of halogens is 1. The van der Waals surface area contributed by atoms with Crippen molar-refractivity contribution >= 4 is 21.6 Å². The molecule has 1 aliphatic heterocycles. The van der Waals surface area contributed by atoms with E-state index in [1.165, 1.54) is 12.1 Å². The summed E-state index contributed by atoms with van der Waals surface area (Å²) in [7, 11) is -3.73. The summed E-state index contributed by atoms with van der Waals surface area (Å²) >= 11 is 5.98. The van der Waals surface area contributed by atoms with E-state index in [4.69, 9.17) is 21.4 Å². The Balaban J connectivity index is 2.30. The van der Waals surface area contributed by atoms with Gasteiger partial charge in [-0.1, -0.05) is 17.7 Å². The topological polar surface area (TPSA) is 75.6 Å². The van der Waals surface area contributed by atoms with Crippen LogP contribution in [0.4, 0.5) is 0 Å². The highest BCUT2D eigenvalue weighted by Crippen LogP contribution is 2.27. The normalized spacial score (nSPS) is 18.9. The van der Waals surface area contributed by atoms with E-state index in [9.17, 15) is 8.42 Å². The lowest BCUT2D eigenvalue weighted by molar-refractivity contribution is 0.0537. The average Bonchev–Trinajstić information content (AvgIpc) is 2.38. The molecule has 0 atom stereocenters. The Hall–Kier alpha value is -0.660. The van der Waals surface area contributed by atoms with Gasteiger partial charge in [0.1, 0.15) is 4.90 Å². The second-order valence-electron chi connectivity index (χ2n) is 5.20. The second-order valence-corrected chi connectivity index (χ2v) is 7.26. The molecule has 0 aliphatic carbocycles. The zero-order valence-corrected chi connectivity index (χ0v) is 12.8. The Labute approximate surface area is 124 Å². The highest BCUT2D eigenvalue weighted by atomic mass is 35.5. The molecule has 0 saturated carbocycles. The first-order chi connectivity index (χ1) is 9.36. The van der Waals surface area contributed by atoms with Gasteiger partial charge in [-0.2, -0.15) is 0 Å². The summed E-state index contributed by atoms with van der Waals surface area (Å²) in [4.78, 5) is -0.00145. The molecular formula is C13H18ClNO4S. The van der Waals surface area contributed by atoms with E-state index in [1.807, 2.05) is 6.92 Å². The van der Waals surface area contributed by atoms with Crippen LogP contribution in [-0.4, -0.2) is 32.3 Å². The Kier molecular flexibility index (Phi) is 4.71. The van der Waals surface area contributed by atoms with Crippen LogP contribution in [0.25, 0.3) is 0 Å². The molecule has 7 heteroatoms. The Morgan fingerprint density at radius 2 is 2.05 bits per heavy atom. The maximum Gasteiger partial charge on any atom is 0.242 e. The highest BCUT2D eigenvalue weighted by molar-refractivity contribution is 7.89. The van der Waals surface area contributed by atoms with Crippen LogP contribution in [-0.2, 0) is 21.4 Å². The van der Waals surface area contributed by atoms with Crippen LogP contribution in [0, 0.1) is 0 Å². The van der Waals surface area contributed by atoms with Gasteiger partial charge < -0.3 is 9.84 Å². The molecule has 0 spiro atoms. The van der Waals surface area contributed by atoms with E-state index in [2.05, 4.69) is 4.72 Å². The number of aliphatic hydroxyl groups is 1. The highest BCUT2D eigenvalue weighted by Gasteiger charge is 2.33. The molecule has 2 N–H and O–H groups in total. The number of sulfonamides is 1. The summed E-state index contributed by atoms with van der Waals surface area (Å²) in [5.74, 6) is 0. The summed E-state index contributed by atoms with van der Waals surface area (Å²) in [6, 6.07) is 4.47. The molecule has 1 aromatic rings. The molecule has 0 bridgehead atoms. The van der Waals surface area contributed by atoms with Gasteiger partial charge in [0.2, 0.25) is 10.0 Å². The van der Waals surface area contributed by atoms with Crippen molar-refractivity contribution in [1.82, 2.24) is 4.72 Å². The predicted octanol–water partition coefficient (Wildman–Crippen LogP) is 1.68. The number of hydrogen-bond acceptors (Lipinski definition) is 4. The summed E-state index contributed by atoms with van der Waals surface area (Å²) < 4.78 is 32.9. The van der Waals surface area contributed by atoms with Crippen molar-refractivity contribution in [1.29, 1.82) is 0 Å². The number of ether oxygens (including phenoxy) is 1. The molecule has 20 heavy (non-hydrogen) atoms. The summed E-state index contributed by atoms with van der Waals surface area (Å²) in [5.41, 5.74) is -0.0257. The van der Waals surface area contributed by atoms with Gasteiger partial charge in [-0.25, -0.2) is 13.1 Å². The van der Waals surface area contributed by atoms with E-state index in [0.29, 0.717) is 31.6 Å². The van der Waals surface area contributed by atoms with Crippen molar-refractivity contribution in [2.75, 3.05) is 13.2 Å². The lowest BCUT2D eigenvalue weighted by atomic mass is 9.94. The quantitative estimate of drug-likeness (QED) is 0.885. The summed E-state index contributed by atoms with van der Waals surface area (Å²) in [6.45, 7) is 2.69. The Bertz CT molecular complexity index is 582. The van der Waals surface area contributed by atoms with Crippen molar-refractivity contribution in [2.24, 2.45) is 0 Å². The minimum atomic E-state index is -3.73. The third-order valence-corrected chi connectivity index (χ3v) is 5.56. The van der Waals surface area contributed by atoms with Crippen LogP contribution in [0.15, 0.2) is 23.1 Å². The van der Waals surface area contributed by atoms with Crippen LogP contribution in [0.5, 0.6) is 0 Å². The van der Waals surface area contributed by atoms with Crippen molar-refractivity contribution in [3.05, 3.63) is 28.8 Å². The fourth-order valence-electron chi connectivity index (χ4n) is 2.16. The monoisotopic (exact) mass is 319 g/mol. The van der Waals surface area contributed by atoms with E-state index in [0.717, 1.165) is 0 Å². The molecule has 1 aromatic carbocycles. The van der Waals surface area contributed by atoms with Gasteiger partial charge in [-0.05, 0) is 37.5 Å². The summed E-state index contributed by atoms with van der Waals surface area (Å²) in [6.07, 6.45) is 1.23. The Morgan fingerprint density at radius 3 is 2.65 bits per heavy atom. The lowest BCUT2D eigenvalue weighted by Gasteiger charge is -2.34. The molecule has 1 saturated heterocycles. The molecule has 1 heterocycles. The first kappa shape index (κ1) is 15.7. The van der Waals surface area contributed by atoms with Gasteiger partial charge in [0.05, 0.1) is 11.6 Å². The average molecular weight is 320 g/mol. The van der Waals surface area contributed by atoms with E-state index >= 15 is 0 Å². The number of nitrogens with one attached hydrogen (secondary N) is 1. The van der Waals surface area contributed by atoms with Crippen molar-refractivity contribution in [3.63, 3.8) is 0 Å². The molecule has 2 rings (SSSR count). The van der Waals surface area contributed by atoms with Gasteiger partial charge in [-0.3, -0.25) is 0 Å².